The van der Waals surface area contributed by atoms with Crippen molar-refractivity contribution in [1.29, 1.82) is 0 Å². The quantitative estimate of drug-likeness (QED) is 0.847. The van der Waals surface area contributed by atoms with Crippen molar-refractivity contribution in [3.8, 4) is 0 Å². The van der Waals surface area contributed by atoms with E-state index in [4.69, 9.17) is 10.5 Å². The van der Waals surface area contributed by atoms with Crippen molar-refractivity contribution in [3.63, 3.8) is 0 Å². The Labute approximate surface area is 135 Å². The zero-order valence-corrected chi connectivity index (χ0v) is 13.6. The van der Waals surface area contributed by atoms with Gasteiger partial charge in [0.25, 0.3) is 0 Å². The minimum Gasteiger partial charge on any atom is -0.392 e. The molecule has 5 nitrogen and oxygen atoms in total. The number of nitrogens with two attached hydrogens (primary N) is 1. The van der Waals surface area contributed by atoms with E-state index < -0.39 is 0 Å². The summed E-state index contributed by atoms with van der Waals surface area (Å²) in [5, 5.41) is 14.2. The number of hydrogen-bond acceptors (Lipinski definition) is 5. The van der Waals surface area contributed by atoms with E-state index in [0.717, 1.165) is 18.4 Å². The van der Waals surface area contributed by atoms with Crippen molar-refractivity contribution >= 4 is 17.2 Å². The molecule has 1 aromatic heterocycles. The third kappa shape index (κ3) is 2.93. The van der Waals surface area contributed by atoms with Crippen LogP contribution in [0.1, 0.15) is 24.8 Å². The molecule has 0 radical (unpaired) electrons. The lowest BCUT2D eigenvalue weighted by molar-refractivity contribution is -0.210. The predicted octanol–water partition coefficient (Wildman–Crippen LogP) is 1.01. The number of carbonyl (C=O) groups is 1. The summed E-state index contributed by atoms with van der Waals surface area (Å²) < 4.78 is 5.78. The molecule has 122 valence electrons. The van der Waals surface area contributed by atoms with Gasteiger partial charge in [-0.1, -0.05) is 0 Å². The molecule has 1 aliphatic heterocycles. The number of amides is 1. The van der Waals surface area contributed by atoms with Gasteiger partial charge in [0.15, 0.2) is 0 Å². The number of hydrogen-bond donors (Lipinski definition) is 2. The van der Waals surface area contributed by atoms with Gasteiger partial charge in [-0.15, -0.1) is 0 Å². The van der Waals surface area contributed by atoms with Crippen LogP contribution in [-0.4, -0.2) is 54.4 Å². The molecule has 3 N–H and O–H groups in total. The van der Waals surface area contributed by atoms with Gasteiger partial charge < -0.3 is 20.5 Å². The van der Waals surface area contributed by atoms with E-state index in [1.165, 1.54) is 0 Å². The number of ether oxygens (including phenoxy) is 1. The number of nitrogens with zero attached hydrogens (tertiary/aromatic N) is 1. The largest absolute Gasteiger partial charge is 0.392 e. The Morgan fingerprint density at radius 1 is 1.50 bits per heavy atom. The standard InChI is InChI=1S/C16H24N2O3S/c17-4-7-21-14-10-13(19)16(14)2-5-18(6-3-16)15(20)9-12-1-8-22-11-12/h1,8,11,13-14,19H,2-7,9-10,17H2/t13-,14+/m0/s1. The molecule has 2 aliphatic rings. The number of piperidine rings is 1. The molecule has 2 heterocycles. The number of thiophene rings is 1. The van der Waals surface area contributed by atoms with Crippen molar-refractivity contribution in [2.75, 3.05) is 26.2 Å². The molecular weight excluding hydrogens is 300 g/mol. The van der Waals surface area contributed by atoms with Crippen molar-refractivity contribution < 1.29 is 14.6 Å². The molecule has 0 unspecified atom stereocenters. The third-order valence-corrected chi connectivity index (χ3v) is 5.89. The van der Waals surface area contributed by atoms with Crippen LogP contribution in [0.15, 0.2) is 16.8 Å². The zero-order valence-electron chi connectivity index (χ0n) is 12.7. The van der Waals surface area contributed by atoms with Crippen molar-refractivity contribution in [2.24, 2.45) is 11.1 Å². The van der Waals surface area contributed by atoms with Crippen LogP contribution in [0.2, 0.25) is 0 Å². The van der Waals surface area contributed by atoms with Crippen LogP contribution in [0.3, 0.4) is 0 Å². The van der Waals surface area contributed by atoms with Gasteiger partial charge in [0.2, 0.25) is 5.91 Å². The summed E-state index contributed by atoms with van der Waals surface area (Å²) in [5.41, 5.74) is 6.42. The first-order chi connectivity index (χ1) is 10.7. The van der Waals surface area contributed by atoms with Gasteiger partial charge in [-0.3, -0.25) is 4.79 Å². The Bertz CT molecular complexity index is 497. The predicted molar refractivity (Wildman–Crippen MR) is 85.7 cm³/mol. The van der Waals surface area contributed by atoms with Gasteiger partial charge in [0.05, 0.1) is 25.2 Å². The summed E-state index contributed by atoms with van der Waals surface area (Å²) >= 11 is 1.62. The van der Waals surface area contributed by atoms with Gasteiger partial charge in [-0.2, -0.15) is 11.3 Å². The fraction of sp³-hybridized carbons (Fsp3) is 0.688. The zero-order chi connectivity index (χ0) is 15.6. The normalized spacial score (nSPS) is 26.9. The van der Waals surface area contributed by atoms with E-state index in [2.05, 4.69) is 0 Å². The molecule has 22 heavy (non-hydrogen) atoms. The van der Waals surface area contributed by atoms with Crippen LogP contribution in [0.5, 0.6) is 0 Å². The molecule has 0 bridgehead atoms. The maximum atomic E-state index is 12.3. The molecule has 2 fully saturated rings. The van der Waals surface area contributed by atoms with Crippen LogP contribution in [0.25, 0.3) is 0 Å². The molecule has 1 spiro atoms. The highest BCUT2D eigenvalue weighted by Gasteiger charge is 2.56. The molecule has 2 atom stereocenters. The van der Waals surface area contributed by atoms with Gasteiger partial charge in [0, 0.05) is 31.5 Å². The number of aliphatic hydroxyl groups is 1. The Balaban J connectivity index is 1.54. The lowest BCUT2D eigenvalue weighted by atomic mass is 9.58. The summed E-state index contributed by atoms with van der Waals surface area (Å²) in [6.07, 6.45) is 2.61. The minimum absolute atomic E-state index is 0.0974. The molecular formula is C16H24N2O3S. The van der Waals surface area contributed by atoms with E-state index >= 15 is 0 Å². The van der Waals surface area contributed by atoms with Crippen molar-refractivity contribution in [3.05, 3.63) is 22.4 Å². The molecule has 1 saturated carbocycles. The smallest absolute Gasteiger partial charge is 0.227 e. The number of carbonyl (C=O) groups excluding carboxylic acids is 1. The van der Waals surface area contributed by atoms with Crippen LogP contribution >= 0.6 is 11.3 Å². The van der Waals surface area contributed by atoms with Gasteiger partial charge in [0.1, 0.15) is 0 Å². The van der Waals surface area contributed by atoms with Gasteiger partial charge >= 0.3 is 0 Å². The summed E-state index contributed by atoms with van der Waals surface area (Å²) in [7, 11) is 0. The highest BCUT2D eigenvalue weighted by Crippen LogP contribution is 2.50. The third-order valence-electron chi connectivity index (χ3n) is 5.16. The van der Waals surface area contributed by atoms with E-state index in [-0.39, 0.29) is 23.5 Å². The SMILES string of the molecule is NCCO[C@@H]1C[C@H](O)C12CCN(C(=O)Cc1ccsc1)CC2. The molecule has 1 aliphatic carbocycles. The second-order valence-electron chi connectivity index (χ2n) is 6.32. The lowest BCUT2D eigenvalue weighted by Gasteiger charge is -2.56. The van der Waals surface area contributed by atoms with Crippen LogP contribution in [0.4, 0.5) is 0 Å². The highest BCUT2D eigenvalue weighted by molar-refractivity contribution is 7.07. The molecule has 1 amide bonds. The van der Waals surface area contributed by atoms with Crippen molar-refractivity contribution in [1.82, 2.24) is 4.90 Å². The molecule has 0 aromatic carbocycles. The lowest BCUT2D eigenvalue weighted by Crippen LogP contribution is -2.63. The van der Waals surface area contributed by atoms with Gasteiger partial charge in [-0.05, 0) is 35.2 Å². The summed E-state index contributed by atoms with van der Waals surface area (Å²) in [6.45, 7) is 2.47. The minimum atomic E-state index is -0.301. The highest BCUT2D eigenvalue weighted by atomic mass is 32.1. The Kier molecular flexibility index (Phi) is 4.82. The average Bonchev–Trinajstić information content (AvgIpc) is 3.04. The molecule has 3 rings (SSSR count). The number of rotatable bonds is 5. The Morgan fingerprint density at radius 3 is 2.86 bits per heavy atom. The summed E-state index contributed by atoms with van der Waals surface area (Å²) in [6, 6.07) is 2.00. The summed E-state index contributed by atoms with van der Waals surface area (Å²) in [4.78, 5) is 14.3. The first kappa shape index (κ1) is 15.9. The van der Waals surface area contributed by atoms with E-state index in [1.54, 1.807) is 11.3 Å². The maximum absolute atomic E-state index is 12.3. The van der Waals surface area contributed by atoms with Gasteiger partial charge in [-0.25, -0.2) is 0 Å². The van der Waals surface area contributed by atoms with E-state index in [0.29, 0.717) is 39.1 Å². The molecule has 1 aromatic rings. The van der Waals surface area contributed by atoms with Crippen LogP contribution < -0.4 is 5.73 Å². The maximum Gasteiger partial charge on any atom is 0.227 e. The van der Waals surface area contributed by atoms with Crippen molar-refractivity contribution in [2.45, 2.75) is 37.9 Å². The number of aliphatic hydroxyl groups excluding tert-OH is 1. The Hall–Kier alpha value is -0.950. The topological polar surface area (TPSA) is 75.8 Å². The first-order valence-corrected chi connectivity index (χ1v) is 8.88. The summed E-state index contributed by atoms with van der Waals surface area (Å²) in [5.74, 6) is 0.182. The molecule has 6 heteroatoms. The number of likely N-dealkylation sites (tertiary alicyclic amines) is 1. The monoisotopic (exact) mass is 324 g/mol. The van der Waals surface area contributed by atoms with E-state index in [9.17, 15) is 9.90 Å². The fourth-order valence-electron chi connectivity index (χ4n) is 3.68. The van der Waals surface area contributed by atoms with Crippen LogP contribution in [-0.2, 0) is 16.0 Å². The second kappa shape index (κ2) is 6.66. The first-order valence-electron chi connectivity index (χ1n) is 7.94. The van der Waals surface area contributed by atoms with E-state index in [1.807, 2.05) is 21.7 Å². The molecule has 1 saturated heterocycles. The second-order valence-corrected chi connectivity index (χ2v) is 7.10. The average molecular weight is 324 g/mol. The fourth-order valence-corrected chi connectivity index (χ4v) is 4.35. The Morgan fingerprint density at radius 2 is 2.27 bits per heavy atom. The van der Waals surface area contributed by atoms with Crippen LogP contribution in [0, 0.1) is 5.41 Å².